The number of likely N-dealkylation sites (tertiary alicyclic amines) is 1. The number of hydrogen-bond acceptors (Lipinski definition) is 2. The first-order valence-electron chi connectivity index (χ1n) is 8.37. The van der Waals surface area contributed by atoms with Crippen molar-refractivity contribution in [2.75, 3.05) is 11.9 Å². The number of benzene rings is 2. The molecule has 25 heavy (non-hydrogen) atoms. The maximum absolute atomic E-state index is 12.6. The Bertz CT molecular complexity index is 792. The van der Waals surface area contributed by atoms with Crippen molar-refractivity contribution in [2.45, 2.75) is 26.3 Å². The summed E-state index contributed by atoms with van der Waals surface area (Å²) in [6, 6.07) is 15.2. The maximum atomic E-state index is 12.6. The molecule has 2 aromatic rings. The van der Waals surface area contributed by atoms with Gasteiger partial charge in [-0.25, -0.2) is 0 Å². The fraction of sp³-hybridized carbons (Fsp3) is 0.300. The fourth-order valence-corrected chi connectivity index (χ4v) is 3.33. The van der Waals surface area contributed by atoms with Gasteiger partial charge in [-0.3, -0.25) is 9.59 Å². The normalized spacial score (nSPS) is 18.3. The number of carbonyl (C=O) groups excluding carboxylic acids is 2. The van der Waals surface area contributed by atoms with Crippen molar-refractivity contribution < 1.29 is 9.59 Å². The highest BCUT2D eigenvalue weighted by Gasteiger charge is 2.37. The number of halogens is 1. The molecule has 5 heteroatoms. The zero-order valence-corrected chi connectivity index (χ0v) is 15.1. The molecule has 3 rings (SSSR count). The second-order valence-corrected chi connectivity index (χ2v) is 6.92. The molecule has 130 valence electrons. The summed E-state index contributed by atoms with van der Waals surface area (Å²) in [4.78, 5) is 26.8. The molecule has 1 aliphatic heterocycles. The lowest BCUT2D eigenvalue weighted by molar-refractivity contribution is -0.129. The van der Waals surface area contributed by atoms with E-state index in [9.17, 15) is 9.59 Å². The van der Waals surface area contributed by atoms with E-state index in [1.807, 2.05) is 50.2 Å². The van der Waals surface area contributed by atoms with Crippen molar-refractivity contribution in [1.29, 1.82) is 0 Å². The van der Waals surface area contributed by atoms with Gasteiger partial charge < -0.3 is 10.2 Å². The van der Waals surface area contributed by atoms with Crippen LogP contribution in [0.25, 0.3) is 0 Å². The number of anilines is 1. The molecule has 1 fully saturated rings. The third-order valence-electron chi connectivity index (χ3n) is 4.74. The van der Waals surface area contributed by atoms with Crippen molar-refractivity contribution in [1.82, 2.24) is 4.90 Å². The summed E-state index contributed by atoms with van der Waals surface area (Å²) in [6.07, 6.45) is 0.239. The van der Waals surface area contributed by atoms with Crippen LogP contribution in [0.1, 0.15) is 30.5 Å². The van der Waals surface area contributed by atoms with E-state index in [1.165, 1.54) is 0 Å². The third kappa shape index (κ3) is 3.85. The highest BCUT2D eigenvalue weighted by Crippen LogP contribution is 2.29. The molecule has 4 nitrogen and oxygen atoms in total. The first kappa shape index (κ1) is 17.5. The SMILES string of the molecule is Cc1ccc(Cl)cc1NC(=O)[C@@H]1CC(=O)N([C@H](C)c2ccccc2)C1. The van der Waals surface area contributed by atoms with Crippen molar-refractivity contribution in [2.24, 2.45) is 5.92 Å². The number of carbonyl (C=O) groups is 2. The summed E-state index contributed by atoms with van der Waals surface area (Å²) in [5.41, 5.74) is 2.71. The zero-order chi connectivity index (χ0) is 18.0. The molecular weight excluding hydrogens is 336 g/mol. The Morgan fingerprint density at radius 1 is 1.24 bits per heavy atom. The van der Waals surface area contributed by atoms with Gasteiger partial charge in [0.1, 0.15) is 0 Å². The lowest BCUT2D eigenvalue weighted by atomic mass is 10.1. The Morgan fingerprint density at radius 3 is 2.68 bits per heavy atom. The first-order chi connectivity index (χ1) is 12.0. The van der Waals surface area contributed by atoms with Crippen LogP contribution in [0.2, 0.25) is 5.02 Å². The smallest absolute Gasteiger partial charge is 0.229 e. The molecule has 2 aromatic carbocycles. The number of hydrogen-bond donors (Lipinski definition) is 1. The number of nitrogens with zero attached hydrogens (tertiary/aromatic N) is 1. The van der Waals surface area contributed by atoms with Gasteiger partial charge >= 0.3 is 0 Å². The monoisotopic (exact) mass is 356 g/mol. The number of amides is 2. The van der Waals surface area contributed by atoms with E-state index in [2.05, 4.69) is 5.32 Å². The minimum absolute atomic E-state index is 0.0133. The average molecular weight is 357 g/mol. The van der Waals surface area contributed by atoms with Gasteiger partial charge in [0.2, 0.25) is 11.8 Å². The quantitative estimate of drug-likeness (QED) is 0.892. The summed E-state index contributed by atoms with van der Waals surface area (Å²) >= 11 is 6.00. The Hall–Kier alpha value is -2.33. The van der Waals surface area contributed by atoms with Crippen LogP contribution in [0, 0.1) is 12.8 Å². The van der Waals surface area contributed by atoms with Gasteiger partial charge in [-0.1, -0.05) is 48.0 Å². The molecule has 1 aliphatic rings. The van der Waals surface area contributed by atoms with E-state index in [1.54, 1.807) is 17.0 Å². The third-order valence-corrected chi connectivity index (χ3v) is 4.97. The largest absolute Gasteiger partial charge is 0.335 e. The number of nitrogens with one attached hydrogen (secondary N) is 1. The molecule has 1 heterocycles. The van der Waals surface area contributed by atoms with Gasteiger partial charge in [0.05, 0.1) is 12.0 Å². The number of rotatable bonds is 4. The van der Waals surface area contributed by atoms with Crippen LogP contribution in [0.3, 0.4) is 0 Å². The van der Waals surface area contributed by atoms with Crippen LogP contribution in [-0.4, -0.2) is 23.3 Å². The van der Waals surface area contributed by atoms with E-state index in [-0.39, 0.29) is 30.2 Å². The Balaban J connectivity index is 1.69. The van der Waals surface area contributed by atoms with Crippen LogP contribution >= 0.6 is 11.6 Å². The molecule has 0 aromatic heterocycles. The van der Waals surface area contributed by atoms with Gasteiger partial charge in [0.15, 0.2) is 0 Å². The lowest BCUT2D eigenvalue weighted by Crippen LogP contribution is -2.30. The molecule has 2 amide bonds. The lowest BCUT2D eigenvalue weighted by Gasteiger charge is -2.25. The van der Waals surface area contributed by atoms with E-state index in [4.69, 9.17) is 11.6 Å². The van der Waals surface area contributed by atoms with E-state index in [0.29, 0.717) is 17.3 Å². The topological polar surface area (TPSA) is 49.4 Å². The summed E-state index contributed by atoms with van der Waals surface area (Å²) in [6.45, 7) is 4.34. The van der Waals surface area contributed by atoms with E-state index < -0.39 is 0 Å². The molecular formula is C20H21ClN2O2. The Labute approximate surface area is 152 Å². The van der Waals surface area contributed by atoms with Gasteiger partial charge in [-0.15, -0.1) is 0 Å². The molecule has 0 bridgehead atoms. The van der Waals surface area contributed by atoms with Gasteiger partial charge in [-0.2, -0.15) is 0 Å². The molecule has 0 aliphatic carbocycles. The molecule has 0 radical (unpaired) electrons. The summed E-state index contributed by atoms with van der Waals surface area (Å²) in [7, 11) is 0. The van der Waals surface area contributed by atoms with Crippen molar-refractivity contribution >= 4 is 29.1 Å². The highest BCUT2D eigenvalue weighted by atomic mass is 35.5. The molecule has 0 unspecified atom stereocenters. The first-order valence-corrected chi connectivity index (χ1v) is 8.75. The van der Waals surface area contributed by atoms with Gasteiger partial charge in [-0.05, 0) is 37.1 Å². The summed E-state index contributed by atoms with van der Waals surface area (Å²) < 4.78 is 0. The maximum Gasteiger partial charge on any atom is 0.229 e. The predicted octanol–water partition coefficient (Wildman–Crippen LogP) is 4.20. The Kier molecular flexibility index (Phi) is 5.09. The van der Waals surface area contributed by atoms with Crippen LogP contribution in [0.4, 0.5) is 5.69 Å². The fourth-order valence-electron chi connectivity index (χ4n) is 3.16. The van der Waals surface area contributed by atoms with Crippen molar-refractivity contribution in [3.63, 3.8) is 0 Å². The zero-order valence-electron chi connectivity index (χ0n) is 14.3. The second kappa shape index (κ2) is 7.28. The van der Waals surface area contributed by atoms with Crippen molar-refractivity contribution in [3.05, 3.63) is 64.7 Å². The average Bonchev–Trinajstić information content (AvgIpc) is 3.00. The molecule has 1 saturated heterocycles. The van der Waals surface area contributed by atoms with Gasteiger partial charge in [0.25, 0.3) is 0 Å². The van der Waals surface area contributed by atoms with Crippen LogP contribution in [0.5, 0.6) is 0 Å². The van der Waals surface area contributed by atoms with Gasteiger partial charge in [0, 0.05) is 23.7 Å². The molecule has 2 atom stereocenters. The molecule has 0 saturated carbocycles. The molecule has 0 spiro atoms. The predicted molar refractivity (Wildman–Crippen MR) is 99.5 cm³/mol. The summed E-state index contributed by atoms with van der Waals surface area (Å²) in [5.74, 6) is -0.474. The van der Waals surface area contributed by atoms with E-state index in [0.717, 1.165) is 11.1 Å². The van der Waals surface area contributed by atoms with Crippen LogP contribution < -0.4 is 5.32 Å². The van der Waals surface area contributed by atoms with E-state index >= 15 is 0 Å². The number of aryl methyl sites for hydroxylation is 1. The minimum Gasteiger partial charge on any atom is -0.335 e. The Morgan fingerprint density at radius 2 is 1.96 bits per heavy atom. The van der Waals surface area contributed by atoms with Crippen LogP contribution in [-0.2, 0) is 9.59 Å². The molecule has 1 N–H and O–H groups in total. The highest BCUT2D eigenvalue weighted by molar-refractivity contribution is 6.31. The standard InChI is InChI=1S/C20H21ClN2O2/c1-13-8-9-17(21)11-18(13)22-20(25)16-10-19(24)23(12-16)14(2)15-6-4-3-5-7-15/h3-9,11,14,16H,10,12H2,1-2H3,(H,22,25)/t14-,16-/m1/s1. The summed E-state index contributed by atoms with van der Waals surface area (Å²) in [5, 5.41) is 3.48. The van der Waals surface area contributed by atoms with Crippen LogP contribution in [0.15, 0.2) is 48.5 Å². The second-order valence-electron chi connectivity index (χ2n) is 6.48. The minimum atomic E-state index is -0.350. The van der Waals surface area contributed by atoms with Crippen molar-refractivity contribution in [3.8, 4) is 0 Å².